The van der Waals surface area contributed by atoms with Crippen molar-refractivity contribution in [2.75, 3.05) is 5.73 Å². The zero-order valence-corrected chi connectivity index (χ0v) is 8.94. The van der Waals surface area contributed by atoms with Crippen LogP contribution in [0.2, 0.25) is 0 Å². The first kappa shape index (κ1) is 11.1. The molecule has 0 amide bonds. The molecule has 0 unspecified atom stereocenters. The second-order valence-corrected chi connectivity index (χ2v) is 3.58. The molecule has 0 bridgehead atoms. The minimum Gasteiger partial charge on any atom is -0.507 e. The van der Waals surface area contributed by atoms with Crippen molar-refractivity contribution in [1.29, 1.82) is 0 Å². The highest BCUT2D eigenvalue weighted by Crippen LogP contribution is 2.25. The molecule has 1 heterocycles. The number of rotatable bonds is 2. The molecule has 4 nitrogen and oxygen atoms in total. The summed E-state index contributed by atoms with van der Waals surface area (Å²) in [7, 11) is 0. The lowest BCUT2D eigenvalue weighted by Gasteiger charge is -2.04. The molecule has 2 rings (SSSR count). The molecule has 0 saturated heterocycles. The summed E-state index contributed by atoms with van der Waals surface area (Å²) in [6.07, 6.45) is 2.54. The number of para-hydroxylation sites is 1. The number of nitrogen functional groups attached to an aromatic ring is 1. The second-order valence-electron chi connectivity index (χ2n) is 3.58. The number of nitrogens with one attached hydrogen (secondary N) is 1. The molecule has 17 heavy (non-hydrogen) atoms. The second kappa shape index (κ2) is 4.21. The molecule has 0 radical (unpaired) electrons. The highest BCUT2D eigenvalue weighted by atomic mass is 19.1. The fraction of sp³-hybridized carbons (Fsp3) is 0. The van der Waals surface area contributed by atoms with Crippen LogP contribution in [-0.2, 0) is 0 Å². The first-order valence-electron chi connectivity index (χ1n) is 4.97. The number of benzene rings is 1. The Bertz CT molecular complexity index is 555. The predicted molar refractivity (Wildman–Crippen MR) is 65.3 cm³/mol. The summed E-state index contributed by atoms with van der Waals surface area (Å²) in [5.41, 5.74) is 12.2. The lowest BCUT2D eigenvalue weighted by molar-refractivity contribution is 0.473. The van der Waals surface area contributed by atoms with Crippen molar-refractivity contribution in [2.24, 2.45) is 5.73 Å². The van der Waals surface area contributed by atoms with E-state index < -0.39 is 5.82 Å². The Morgan fingerprint density at radius 1 is 1.35 bits per heavy atom. The van der Waals surface area contributed by atoms with Gasteiger partial charge in [-0.15, -0.1) is 0 Å². The normalized spacial score (nSPS) is 11.7. The Morgan fingerprint density at radius 3 is 2.65 bits per heavy atom. The first-order valence-corrected chi connectivity index (χ1v) is 4.97. The van der Waals surface area contributed by atoms with Gasteiger partial charge >= 0.3 is 0 Å². The third-order valence-corrected chi connectivity index (χ3v) is 2.42. The van der Waals surface area contributed by atoms with Crippen molar-refractivity contribution in [3.8, 4) is 5.75 Å². The van der Waals surface area contributed by atoms with Crippen LogP contribution in [0.4, 0.5) is 10.2 Å². The van der Waals surface area contributed by atoms with Gasteiger partial charge in [-0.3, -0.25) is 0 Å². The molecule has 88 valence electrons. The van der Waals surface area contributed by atoms with E-state index in [-0.39, 0.29) is 22.8 Å². The molecular formula is C12H12FN3O. The number of aromatic amines is 1. The van der Waals surface area contributed by atoms with E-state index in [2.05, 4.69) is 4.98 Å². The minimum absolute atomic E-state index is 0.0377. The van der Waals surface area contributed by atoms with Crippen molar-refractivity contribution in [3.63, 3.8) is 0 Å². The van der Waals surface area contributed by atoms with Gasteiger partial charge in [-0.05, 0) is 18.2 Å². The third kappa shape index (κ3) is 2.08. The molecule has 0 aliphatic rings. The maximum atomic E-state index is 13.3. The molecule has 2 aromatic rings. The number of H-pyrrole nitrogens is 1. The van der Waals surface area contributed by atoms with Crippen LogP contribution in [0, 0.1) is 5.82 Å². The zero-order valence-electron chi connectivity index (χ0n) is 8.94. The molecule has 6 N–H and O–H groups in total. The van der Waals surface area contributed by atoms with Gasteiger partial charge in [0.15, 0.2) is 0 Å². The number of aromatic nitrogens is 1. The van der Waals surface area contributed by atoms with Crippen LogP contribution < -0.4 is 11.5 Å². The fourth-order valence-electron chi connectivity index (χ4n) is 1.52. The summed E-state index contributed by atoms with van der Waals surface area (Å²) in [6.45, 7) is 0. The number of anilines is 1. The number of hydrogen-bond acceptors (Lipinski definition) is 3. The van der Waals surface area contributed by atoms with Crippen LogP contribution >= 0.6 is 0 Å². The number of phenols is 1. The first-order chi connectivity index (χ1) is 8.09. The maximum absolute atomic E-state index is 13.3. The lowest BCUT2D eigenvalue weighted by Crippen LogP contribution is -1.97. The molecule has 0 atom stereocenters. The van der Waals surface area contributed by atoms with E-state index in [1.807, 2.05) is 0 Å². The van der Waals surface area contributed by atoms with Gasteiger partial charge < -0.3 is 21.6 Å². The van der Waals surface area contributed by atoms with E-state index in [1.165, 1.54) is 12.1 Å². The molecule has 1 aromatic carbocycles. The van der Waals surface area contributed by atoms with Crippen molar-refractivity contribution in [2.45, 2.75) is 0 Å². The van der Waals surface area contributed by atoms with Gasteiger partial charge in [-0.2, -0.15) is 0 Å². The van der Waals surface area contributed by atoms with Crippen LogP contribution in [-0.4, -0.2) is 10.1 Å². The number of hydrogen-bond donors (Lipinski definition) is 4. The van der Waals surface area contributed by atoms with Crippen LogP contribution in [0.25, 0.3) is 11.8 Å². The summed E-state index contributed by atoms with van der Waals surface area (Å²) in [6, 6.07) is 6.55. The highest BCUT2D eigenvalue weighted by Gasteiger charge is 2.08. The Morgan fingerprint density at radius 2 is 2.06 bits per heavy atom. The maximum Gasteiger partial charge on any atom is 0.150 e. The van der Waals surface area contributed by atoms with Crippen molar-refractivity contribution in [1.82, 2.24) is 4.98 Å². The van der Waals surface area contributed by atoms with Gasteiger partial charge in [0.1, 0.15) is 17.4 Å². The van der Waals surface area contributed by atoms with Crippen molar-refractivity contribution >= 4 is 17.6 Å². The molecule has 0 fully saturated rings. The van der Waals surface area contributed by atoms with E-state index >= 15 is 0 Å². The average Bonchev–Trinajstić information content (AvgIpc) is 2.61. The summed E-state index contributed by atoms with van der Waals surface area (Å²) < 4.78 is 13.3. The number of nitrogens with two attached hydrogens (primary N) is 2. The number of phenolic OH excluding ortho intramolecular Hbond substituents is 1. The van der Waals surface area contributed by atoms with Crippen LogP contribution in [0.15, 0.2) is 30.5 Å². The molecule has 0 aliphatic heterocycles. The average molecular weight is 233 g/mol. The lowest BCUT2D eigenvalue weighted by atomic mass is 10.1. The van der Waals surface area contributed by atoms with Gasteiger partial charge in [-0.1, -0.05) is 12.1 Å². The molecule has 0 aliphatic carbocycles. The number of aromatic hydroxyl groups is 1. The third-order valence-electron chi connectivity index (χ3n) is 2.42. The van der Waals surface area contributed by atoms with E-state index in [0.29, 0.717) is 5.56 Å². The Hall–Kier alpha value is -2.43. The standard InChI is InChI=1S/C12H12FN3O/c13-9-6-16-12(15)8(9)5-10(14)7-3-1-2-4-11(7)17/h1-6,16-17H,14-15H2/b10-5-. The van der Waals surface area contributed by atoms with E-state index in [4.69, 9.17) is 11.5 Å². The summed E-state index contributed by atoms with van der Waals surface area (Å²) in [5, 5.41) is 9.59. The SMILES string of the molecule is N/C(=C\c1c(F)c[nH]c1N)c1ccccc1O. The zero-order chi connectivity index (χ0) is 12.4. The van der Waals surface area contributed by atoms with E-state index in [9.17, 15) is 9.50 Å². The van der Waals surface area contributed by atoms with Crippen LogP contribution in [0.1, 0.15) is 11.1 Å². The largest absolute Gasteiger partial charge is 0.507 e. The van der Waals surface area contributed by atoms with Crippen LogP contribution in [0.5, 0.6) is 5.75 Å². The molecule has 1 aromatic heterocycles. The quantitative estimate of drug-likeness (QED) is 0.638. The Kier molecular flexibility index (Phi) is 2.74. The summed E-state index contributed by atoms with van der Waals surface area (Å²) >= 11 is 0. The van der Waals surface area contributed by atoms with Gasteiger partial charge in [0.25, 0.3) is 0 Å². The Balaban J connectivity index is 2.45. The minimum atomic E-state index is -0.485. The van der Waals surface area contributed by atoms with Crippen molar-refractivity contribution < 1.29 is 9.50 Å². The van der Waals surface area contributed by atoms with Crippen LogP contribution in [0.3, 0.4) is 0 Å². The Labute approximate surface area is 97.4 Å². The van der Waals surface area contributed by atoms with Gasteiger partial charge in [0.05, 0.1) is 5.56 Å². The number of halogens is 1. The topological polar surface area (TPSA) is 88.1 Å². The van der Waals surface area contributed by atoms with Gasteiger partial charge in [0.2, 0.25) is 0 Å². The van der Waals surface area contributed by atoms with E-state index in [1.54, 1.807) is 18.2 Å². The monoisotopic (exact) mass is 233 g/mol. The molecule has 5 heteroatoms. The van der Waals surface area contributed by atoms with Gasteiger partial charge in [0, 0.05) is 17.5 Å². The molecule has 0 spiro atoms. The predicted octanol–water partition coefficient (Wildman–Crippen LogP) is 1.90. The highest BCUT2D eigenvalue weighted by molar-refractivity contribution is 5.84. The fourth-order valence-corrected chi connectivity index (χ4v) is 1.52. The van der Waals surface area contributed by atoms with Gasteiger partial charge in [-0.25, -0.2) is 4.39 Å². The molecule has 0 saturated carbocycles. The summed E-state index contributed by atoms with van der Waals surface area (Å²) in [5.74, 6) is -0.252. The smallest absolute Gasteiger partial charge is 0.150 e. The van der Waals surface area contributed by atoms with E-state index in [0.717, 1.165) is 6.20 Å². The summed E-state index contributed by atoms with van der Waals surface area (Å²) in [4.78, 5) is 2.55. The molecular weight excluding hydrogens is 221 g/mol. The van der Waals surface area contributed by atoms with Crippen molar-refractivity contribution in [3.05, 3.63) is 47.4 Å².